The largest absolute Gasteiger partial charge is 0.376 e. The zero-order valence-corrected chi connectivity index (χ0v) is 12.1. The molecular weight excluding hydrogens is 232 g/mol. The van der Waals surface area contributed by atoms with E-state index in [1.807, 2.05) is 0 Å². The minimum Gasteiger partial charge on any atom is -0.376 e. The maximum atomic E-state index is 3.66. The van der Waals surface area contributed by atoms with Crippen LogP contribution < -0.4 is 5.32 Å². The smallest absolute Gasteiger partial charge is 0.0755 e. The van der Waals surface area contributed by atoms with E-state index in [0.29, 0.717) is 12.0 Å². The molecule has 2 aromatic rings. The van der Waals surface area contributed by atoms with Gasteiger partial charge in [-0.3, -0.25) is 0 Å². The molecular formula is C17H22N2. The molecule has 0 saturated heterocycles. The number of rotatable bonds is 2. The molecule has 2 nitrogen and oxygen atoms in total. The Morgan fingerprint density at radius 3 is 2.42 bits per heavy atom. The Hall–Kier alpha value is -1.70. The Morgan fingerprint density at radius 2 is 1.79 bits per heavy atom. The molecule has 0 amide bonds. The Kier molecular flexibility index (Phi) is 2.70. The first-order valence-electron chi connectivity index (χ1n) is 7.05. The summed E-state index contributed by atoms with van der Waals surface area (Å²) in [7, 11) is 0. The van der Waals surface area contributed by atoms with E-state index in [-0.39, 0.29) is 5.41 Å². The van der Waals surface area contributed by atoms with Crippen LogP contribution >= 0.6 is 0 Å². The average molecular weight is 254 g/mol. The molecule has 0 fully saturated rings. The van der Waals surface area contributed by atoms with Crippen LogP contribution in [-0.4, -0.2) is 4.98 Å². The van der Waals surface area contributed by atoms with E-state index in [4.69, 9.17) is 0 Å². The molecule has 1 atom stereocenters. The molecule has 0 aliphatic carbocycles. The van der Waals surface area contributed by atoms with Crippen LogP contribution in [0.15, 0.2) is 36.4 Å². The van der Waals surface area contributed by atoms with Crippen molar-refractivity contribution in [1.29, 1.82) is 0 Å². The van der Waals surface area contributed by atoms with Crippen molar-refractivity contribution >= 4 is 5.69 Å². The number of nitrogens with one attached hydrogen (secondary N) is 2. The minimum atomic E-state index is 0.107. The van der Waals surface area contributed by atoms with Gasteiger partial charge in [-0.25, -0.2) is 0 Å². The van der Waals surface area contributed by atoms with Crippen LogP contribution in [0.1, 0.15) is 56.6 Å². The third-order valence-electron chi connectivity index (χ3n) is 4.31. The van der Waals surface area contributed by atoms with Gasteiger partial charge in [-0.05, 0) is 29.7 Å². The van der Waals surface area contributed by atoms with Crippen LogP contribution in [0.4, 0.5) is 5.69 Å². The Bertz CT molecular complexity index is 593. The summed E-state index contributed by atoms with van der Waals surface area (Å²) in [4.78, 5) is 3.58. The fraction of sp³-hybridized carbons (Fsp3) is 0.412. The molecule has 100 valence electrons. The molecule has 0 radical (unpaired) electrons. The molecule has 1 aromatic heterocycles. The quantitative estimate of drug-likeness (QED) is 0.806. The van der Waals surface area contributed by atoms with Gasteiger partial charge in [0.2, 0.25) is 0 Å². The number of benzene rings is 1. The fourth-order valence-corrected chi connectivity index (χ4v) is 3.06. The van der Waals surface area contributed by atoms with E-state index in [0.717, 1.165) is 0 Å². The topological polar surface area (TPSA) is 27.8 Å². The van der Waals surface area contributed by atoms with Crippen LogP contribution in [0, 0.1) is 0 Å². The van der Waals surface area contributed by atoms with E-state index in [2.05, 4.69) is 74.4 Å². The van der Waals surface area contributed by atoms with Crippen molar-refractivity contribution in [2.24, 2.45) is 0 Å². The molecule has 0 spiro atoms. The van der Waals surface area contributed by atoms with Crippen molar-refractivity contribution in [2.75, 3.05) is 5.32 Å². The second-order valence-electron chi connectivity index (χ2n) is 6.37. The van der Waals surface area contributed by atoms with E-state index in [1.165, 1.54) is 22.6 Å². The lowest BCUT2D eigenvalue weighted by Gasteiger charge is -2.27. The highest BCUT2D eigenvalue weighted by Gasteiger charge is 2.40. The molecule has 1 aromatic carbocycles. The third kappa shape index (κ3) is 1.86. The standard InChI is InChI=1S/C17H22N2/c1-11(2)13-9-10-15(18-13)16-17(3,4)12-7-5-6-8-14(12)19-16/h5-11,16,18-19H,1-4H3. The van der Waals surface area contributed by atoms with E-state index >= 15 is 0 Å². The molecule has 1 aliphatic rings. The van der Waals surface area contributed by atoms with Crippen LogP contribution in [0.3, 0.4) is 0 Å². The number of hydrogen-bond acceptors (Lipinski definition) is 1. The first-order chi connectivity index (χ1) is 9.00. The molecule has 1 aliphatic heterocycles. The van der Waals surface area contributed by atoms with Gasteiger partial charge in [-0.2, -0.15) is 0 Å². The summed E-state index contributed by atoms with van der Waals surface area (Å²) >= 11 is 0. The van der Waals surface area contributed by atoms with Crippen LogP contribution in [0.2, 0.25) is 0 Å². The molecule has 2 heteroatoms. The number of anilines is 1. The predicted octanol–water partition coefficient (Wildman–Crippen LogP) is 4.58. The number of aromatic amines is 1. The number of fused-ring (bicyclic) bond motifs is 1. The minimum absolute atomic E-state index is 0.107. The number of H-pyrrole nitrogens is 1. The molecule has 0 saturated carbocycles. The summed E-state index contributed by atoms with van der Waals surface area (Å²) in [5.41, 5.74) is 5.36. The third-order valence-corrected chi connectivity index (χ3v) is 4.31. The van der Waals surface area contributed by atoms with Gasteiger partial charge in [0.1, 0.15) is 0 Å². The van der Waals surface area contributed by atoms with Gasteiger partial charge in [0.15, 0.2) is 0 Å². The predicted molar refractivity (Wildman–Crippen MR) is 80.7 cm³/mol. The van der Waals surface area contributed by atoms with Gasteiger partial charge in [0.05, 0.1) is 6.04 Å². The lowest BCUT2D eigenvalue weighted by Crippen LogP contribution is -2.25. The van der Waals surface area contributed by atoms with Gasteiger partial charge >= 0.3 is 0 Å². The molecule has 3 rings (SSSR count). The van der Waals surface area contributed by atoms with E-state index < -0.39 is 0 Å². The summed E-state index contributed by atoms with van der Waals surface area (Å²) in [6.07, 6.45) is 0. The zero-order valence-electron chi connectivity index (χ0n) is 12.1. The zero-order chi connectivity index (χ0) is 13.6. The van der Waals surface area contributed by atoms with Crippen molar-refractivity contribution in [3.8, 4) is 0 Å². The van der Waals surface area contributed by atoms with Crippen molar-refractivity contribution in [3.05, 3.63) is 53.3 Å². The summed E-state index contributed by atoms with van der Waals surface area (Å²) in [6.45, 7) is 9.06. The maximum Gasteiger partial charge on any atom is 0.0755 e. The second kappa shape index (κ2) is 4.16. The average Bonchev–Trinajstić information content (AvgIpc) is 2.93. The first kappa shape index (κ1) is 12.3. The Morgan fingerprint density at radius 1 is 1.05 bits per heavy atom. The van der Waals surface area contributed by atoms with Crippen LogP contribution in [0.5, 0.6) is 0 Å². The monoisotopic (exact) mass is 254 g/mol. The van der Waals surface area contributed by atoms with Gasteiger partial charge in [0, 0.05) is 22.5 Å². The number of para-hydroxylation sites is 1. The van der Waals surface area contributed by atoms with Gasteiger partial charge in [0.25, 0.3) is 0 Å². The van der Waals surface area contributed by atoms with Crippen molar-refractivity contribution in [2.45, 2.75) is 45.1 Å². The second-order valence-corrected chi connectivity index (χ2v) is 6.37. The highest BCUT2D eigenvalue weighted by molar-refractivity contribution is 5.62. The Balaban J connectivity index is 1.99. The molecule has 1 unspecified atom stereocenters. The van der Waals surface area contributed by atoms with Gasteiger partial charge in [-0.15, -0.1) is 0 Å². The highest BCUT2D eigenvalue weighted by Crippen LogP contribution is 2.47. The van der Waals surface area contributed by atoms with Gasteiger partial charge in [-0.1, -0.05) is 45.9 Å². The van der Waals surface area contributed by atoms with Crippen LogP contribution in [0.25, 0.3) is 0 Å². The molecule has 19 heavy (non-hydrogen) atoms. The van der Waals surface area contributed by atoms with E-state index in [1.54, 1.807) is 0 Å². The van der Waals surface area contributed by atoms with Crippen molar-refractivity contribution < 1.29 is 0 Å². The Labute approximate surface area is 115 Å². The summed E-state index contributed by atoms with van der Waals surface area (Å²) in [5.74, 6) is 0.542. The normalized spacial score (nSPS) is 20.4. The summed E-state index contributed by atoms with van der Waals surface area (Å²) in [6, 6.07) is 13.4. The van der Waals surface area contributed by atoms with E-state index in [9.17, 15) is 0 Å². The summed E-state index contributed by atoms with van der Waals surface area (Å²) in [5, 5.41) is 3.66. The maximum absolute atomic E-state index is 3.66. The molecule has 0 bridgehead atoms. The SMILES string of the molecule is CC(C)c1ccc(C2Nc3ccccc3C2(C)C)[nH]1. The van der Waals surface area contributed by atoms with Crippen molar-refractivity contribution in [1.82, 2.24) is 4.98 Å². The number of hydrogen-bond donors (Lipinski definition) is 2. The lowest BCUT2D eigenvalue weighted by molar-refractivity contribution is 0.466. The molecule has 2 heterocycles. The fourth-order valence-electron chi connectivity index (χ4n) is 3.06. The van der Waals surface area contributed by atoms with Crippen molar-refractivity contribution in [3.63, 3.8) is 0 Å². The van der Waals surface area contributed by atoms with Gasteiger partial charge < -0.3 is 10.3 Å². The van der Waals surface area contributed by atoms with Crippen LogP contribution in [-0.2, 0) is 5.41 Å². The first-order valence-corrected chi connectivity index (χ1v) is 7.05. The lowest BCUT2D eigenvalue weighted by atomic mass is 9.79. The number of aromatic nitrogens is 1. The molecule has 2 N–H and O–H groups in total. The summed E-state index contributed by atoms with van der Waals surface area (Å²) < 4.78 is 0. The highest BCUT2D eigenvalue weighted by atomic mass is 15.0.